The van der Waals surface area contributed by atoms with Gasteiger partial charge in [-0.3, -0.25) is 9.35 Å². The Morgan fingerprint density at radius 1 is 1.00 bits per heavy atom. The van der Waals surface area contributed by atoms with Gasteiger partial charge >= 0.3 is 0 Å². The van der Waals surface area contributed by atoms with Crippen LogP contribution in [-0.2, 0) is 10.1 Å². The molecule has 0 unspecified atom stereocenters. The molecule has 49 heavy (non-hydrogen) atoms. The highest BCUT2D eigenvalue weighted by Crippen LogP contribution is 2.36. The van der Waals surface area contributed by atoms with Crippen LogP contribution in [0.15, 0.2) is 77.3 Å². The van der Waals surface area contributed by atoms with Crippen LogP contribution in [-0.4, -0.2) is 72.2 Å². The van der Waals surface area contributed by atoms with Crippen LogP contribution in [0.2, 0.25) is 0 Å². The van der Waals surface area contributed by atoms with E-state index >= 15 is 8.78 Å². The van der Waals surface area contributed by atoms with E-state index in [0.29, 0.717) is 47.3 Å². The van der Waals surface area contributed by atoms with Crippen molar-refractivity contribution in [3.63, 3.8) is 0 Å². The Morgan fingerprint density at radius 2 is 1.69 bits per heavy atom. The predicted octanol–water partition coefficient (Wildman–Crippen LogP) is 4.87. The highest BCUT2D eigenvalue weighted by molar-refractivity contribution is 7.85. The quantitative estimate of drug-likeness (QED) is 0.185. The summed E-state index contributed by atoms with van der Waals surface area (Å²) in [7, 11) is 0.194. The second-order valence-electron chi connectivity index (χ2n) is 11.2. The molecule has 0 aliphatic rings. The van der Waals surface area contributed by atoms with Gasteiger partial charge in [-0.1, -0.05) is 17.3 Å². The summed E-state index contributed by atoms with van der Waals surface area (Å²) in [6.07, 6.45) is 0.715. The fourth-order valence-electron chi connectivity index (χ4n) is 5.16. The molecule has 4 aromatic carbocycles. The predicted molar refractivity (Wildman–Crippen MR) is 181 cm³/mol. The van der Waals surface area contributed by atoms with E-state index in [1.165, 1.54) is 28.9 Å². The number of aromatic nitrogens is 3. The minimum atomic E-state index is -3.67. The maximum atomic E-state index is 16.4. The van der Waals surface area contributed by atoms with Gasteiger partial charge in [0.15, 0.2) is 22.9 Å². The molecule has 0 radical (unpaired) electrons. The lowest BCUT2D eigenvalue weighted by atomic mass is 10.0. The van der Waals surface area contributed by atoms with Crippen molar-refractivity contribution in [1.82, 2.24) is 19.8 Å². The van der Waals surface area contributed by atoms with Gasteiger partial charge in [-0.15, -0.1) is 0 Å². The number of carbonyl (C=O) groups is 1. The lowest BCUT2D eigenvalue weighted by molar-refractivity contribution is 0.0996. The van der Waals surface area contributed by atoms with Crippen molar-refractivity contribution in [2.45, 2.75) is 0 Å². The zero-order valence-electron chi connectivity index (χ0n) is 26.4. The van der Waals surface area contributed by atoms with Crippen LogP contribution in [0.1, 0.15) is 16.1 Å². The van der Waals surface area contributed by atoms with E-state index in [4.69, 9.17) is 20.5 Å². The number of hydrogen-bond acceptors (Lipinski definition) is 10. The highest BCUT2D eigenvalue weighted by Gasteiger charge is 2.24. The first-order valence-corrected chi connectivity index (χ1v) is 16.3. The molecule has 0 bridgehead atoms. The van der Waals surface area contributed by atoms with Crippen LogP contribution in [0.25, 0.3) is 38.7 Å². The summed E-state index contributed by atoms with van der Waals surface area (Å²) in [5.41, 5.74) is 13.8. The molecule has 1 amide bonds. The molecule has 0 atom stereocenters. The van der Waals surface area contributed by atoms with Crippen molar-refractivity contribution in [2.24, 2.45) is 5.73 Å². The fourth-order valence-corrected chi connectivity index (χ4v) is 5.16. The second-order valence-corrected chi connectivity index (χ2v) is 12.7. The van der Waals surface area contributed by atoms with Crippen LogP contribution >= 0.6 is 0 Å². The topological polar surface area (TPSA) is 198 Å². The van der Waals surface area contributed by atoms with E-state index in [2.05, 4.69) is 16.3 Å². The molecule has 6 aromatic rings. The van der Waals surface area contributed by atoms with Crippen LogP contribution < -0.4 is 16.4 Å². The smallest absolute Gasteiger partial charge is 0.269 e. The van der Waals surface area contributed by atoms with Crippen molar-refractivity contribution in [1.29, 1.82) is 5.26 Å². The van der Waals surface area contributed by atoms with E-state index in [-0.39, 0.29) is 33.5 Å². The molecular formula is C33H30F2N8O5S. The Hall–Kier alpha value is -5.89. The number of fused-ring (bicyclic) bond motifs is 2. The van der Waals surface area contributed by atoms with E-state index in [9.17, 15) is 18.5 Å². The molecular weight excluding hydrogens is 658 g/mol. The number of carbonyl (C=O) groups excluding carboxylic acids is 1. The normalized spacial score (nSPS) is 11.4. The molecule has 16 heteroatoms. The number of primary amides is 1. The zero-order valence-corrected chi connectivity index (χ0v) is 27.2. The number of hydrogen-bond donors (Lipinski definition) is 3. The molecule has 0 spiro atoms. The fraction of sp³-hybridized carbons (Fsp3) is 0.152. The van der Waals surface area contributed by atoms with Crippen molar-refractivity contribution >= 4 is 55.1 Å². The Labute approximate surface area is 279 Å². The lowest BCUT2D eigenvalue weighted by Crippen LogP contribution is -2.28. The van der Waals surface area contributed by atoms with Gasteiger partial charge in [-0.2, -0.15) is 18.8 Å². The highest BCUT2D eigenvalue weighted by atomic mass is 32.2. The minimum absolute atomic E-state index is 0.0126. The number of amides is 1. The molecule has 0 fully saturated rings. The molecule has 5 N–H and O–H groups in total. The van der Waals surface area contributed by atoms with Gasteiger partial charge in [-0.25, -0.2) is 13.5 Å². The first kappa shape index (κ1) is 34.4. The molecule has 252 valence electrons. The molecule has 6 rings (SSSR count). The Bertz CT molecular complexity index is 2360. The number of benzene rings is 4. The van der Waals surface area contributed by atoms with Gasteiger partial charge in [0.2, 0.25) is 0 Å². The van der Waals surface area contributed by atoms with Crippen LogP contribution in [0.3, 0.4) is 0 Å². The minimum Gasteiger partial charge on any atom is -0.380 e. The number of likely N-dealkylation sites (N-methyl/N-ethyl adjacent to an activating group) is 1. The Morgan fingerprint density at radius 3 is 2.35 bits per heavy atom. The third kappa shape index (κ3) is 7.49. The number of halogens is 2. The molecule has 2 heterocycles. The monoisotopic (exact) mass is 688 g/mol. The standard InChI is InChI=1S/C32H26F2N8O2.CH4O3S/c1-40(2)12-13-41(19-5-3-4-18(14-19)17-35)20-6-8-22(26(33)16-20)23-9-10-24-29(32(37)43)38-42(30(24)28(23)34)21-7-11-27-25(15-21)31(36)39-44-27;1-5(2,3)4/h3-11,14-16H,12-13H2,1-2H3,(H2,36,39)(H2,37,43);1H3,(H,2,3,4). The molecule has 2 aromatic heterocycles. The average molecular weight is 689 g/mol. The summed E-state index contributed by atoms with van der Waals surface area (Å²) in [6, 6.07) is 21.4. The summed E-state index contributed by atoms with van der Waals surface area (Å²) in [4.78, 5) is 16.1. The molecule has 0 saturated carbocycles. The first-order chi connectivity index (χ1) is 23.2. The third-order valence-corrected chi connectivity index (χ3v) is 7.35. The van der Waals surface area contributed by atoms with Crippen molar-refractivity contribution in [2.75, 3.05) is 44.1 Å². The largest absolute Gasteiger partial charge is 0.380 e. The van der Waals surface area contributed by atoms with Crippen molar-refractivity contribution in [3.05, 3.63) is 95.7 Å². The number of nitriles is 1. The van der Waals surface area contributed by atoms with Crippen LogP contribution in [0.5, 0.6) is 0 Å². The summed E-state index contributed by atoms with van der Waals surface area (Å²) >= 11 is 0. The second kappa shape index (κ2) is 13.7. The van der Waals surface area contributed by atoms with Gasteiger partial charge < -0.3 is 25.8 Å². The van der Waals surface area contributed by atoms with Gasteiger partial charge in [0, 0.05) is 41.0 Å². The number of nitrogen functional groups attached to an aromatic ring is 1. The molecule has 13 nitrogen and oxygen atoms in total. The average Bonchev–Trinajstić information content (AvgIpc) is 3.62. The van der Waals surface area contributed by atoms with Crippen molar-refractivity contribution < 1.29 is 31.1 Å². The van der Waals surface area contributed by atoms with Gasteiger partial charge in [0.25, 0.3) is 16.0 Å². The van der Waals surface area contributed by atoms with E-state index in [1.807, 2.05) is 30.0 Å². The first-order valence-electron chi connectivity index (χ1n) is 14.5. The molecule has 0 aliphatic carbocycles. The SMILES string of the molecule is CN(C)CCN(c1cccc(C#N)c1)c1ccc(-c2ccc3c(C(N)=O)nn(-c4ccc5onc(N)c5c4)c3c2F)c(F)c1.CS(=O)(=O)O. The van der Waals surface area contributed by atoms with E-state index in [1.54, 1.807) is 42.5 Å². The Kier molecular flexibility index (Phi) is 9.62. The van der Waals surface area contributed by atoms with Gasteiger partial charge in [0.05, 0.1) is 29.0 Å². The maximum Gasteiger partial charge on any atom is 0.269 e. The number of anilines is 3. The lowest BCUT2D eigenvalue weighted by Gasteiger charge is -2.27. The zero-order chi connectivity index (χ0) is 35.6. The summed E-state index contributed by atoms with van der Waals surface area (Å²) in [6.45, 7) is 1.17. The summed E-state index contributed by atoms with van der Waals surface area (Å²) in [5, 5.41) is 18.1. The van der Waals surface area contributed by atoms with Crippen molar-refractivity contribution in [3.8, 4) is 22.9 Å². The maximum absolute atomic E-state index is 16.4. The molecule has 0 saturated heterocycles. The number of nitrogens with two attached hydrogens (primary N) is 2. The Balaban J connectivity index is 0.000000874. The van der Waals surface area contributed by atoms with Crippen LogP contribution in [0, 0.1) is 23.0 Å². The van der Waals surface area contributed by atoms with Gasteiger partial charge in [0.1, 0.15) is 11.3 Å². The van der Waals surface area contributed by atoms with E-state index < -0.39 is 27.7 Å². The molecule has 0 aliphatic heterocycles. The number of nitrogens with zero attached hydrogens (tertiary/aromatic N) is 6. The number of rotatable bonds is 8. The van der Waals surface area contributed by atoms with E-state index in [0.717, 1.165) is 5.69 Å². The van der Waals surface area contributed by atoms with Gasteiger partial charge in [-0.05, 0) is 74.8 Å². The summed E-state index contributed by atoms with van der Waals surface area (Å²) < 4.78 is 64.6. The third-order valence-electron chi connectivity index (χ3n) is 7.35. The van der Waals surface area contributed by atoms with Crippen LogP contribution in [0.4, 0.5) is 26.0 Å². The summed E-state index contributed by atoms with van der Waals surface area (Å²) in [5.74, 6) is -2.17.